The number of carboxylic acids is 2. The van der Waals surface area contributed by atoms with E-state index in [-0.39, 0.29) is 42.1 Å². The Morgan fingerprint density at radius 1 is 1.21 bits per heavy atom. The van der Waals surface area contributed by atoms with E-state index in [0.717, 1.165) is 0 Å². The van der Waals surface area contributed by atoms with Crippen LogP contribution in [-0.2, 0) is 9.59 Å². The highest BCUT2D eigenvalue weighted by atomic mass is 16.4. The number of H-pyrrole nitrogens is 1. The molecule has 1 aliphatic heterocycles. The highest BCUT2D eigenvalue weighted by Gasteiger charge is 2.23. The molecule has 3 rings (SSSR count). The second kappa shape index (κ2) is 10.8. The lowest BCUT2D eigenvalue weighted by molar-refractivity contribution is -0.140. The number of rotatable bonds is 9. The van der Waals surface area contributed by atoms with Crippen molar-refractivity contribution in [2.45, 2.75) is 24.9 Å². The highest BCUT2D eigenvalue weighted by Crippen LogP contribution is 2.20. The van der Waals surface area contributed by atoms with E-state index in [4.69, 9.17) is 15.9 Å². The van der Waals surface area contributed by atoms with Crippen LogP contribution in [0, 0.1) is 0 Å². The number of carboxylic acid groups (broad SMARTS) is 2. The molecule has 0 aliphatic carbocycles. The lowest BCUT2D eigenvalue weighted by Crippen LogP contribution is -2.41. The van der Waals surface area contributed by atoms with Gasteiger partial charge in [-0.1, -0.05) is 0 Å². The summed E-state index contributed by atoms with van der Waals surface area (Å²) in [4.78, 5) is 52.6. The van der Waals surface area contributed by atoms with Crippen molar-refractivity contribution in [2.24, 2.45) is 0 Å². The minimum Gasteiger partial charge on any atom is -0.481 e. The summed E-state index contributed by atoms with van der Waals surface area (Å²) in [5.41, 5.74) is 6.40. The van der Waals surface area contributed by atoms with Crippen LogP contribution in [0.5, 0.6) is 0 Å². The standard InChI is InChI=1S/C19H23N7O6.H3N/c20-19-25-15-14(17(30)26-19)23-11(8-22-15)7-21-10-3-1-9(2-4-10)16(29)24-12(18(31)32)5-6-13(27)28;/h1-4,11-12,21,23H,5-8H2,(H,24,29)(H,27,28)(H,31,32)(H4,20,22,25,26,30);1H3/t11?,12-;/m0./s1. The van der Waals surface area contributed by atoms with Crippen molar-refractivity contribution in [3.63, 3.8) is 0 Å². The SMILES string of the molecule is N.Nc1nc2c(c(=O)[nH]1)NC(CNc1ccc(C(=O)N[C@@H](CCC(=O)O)C(=O)O)cc1)CN2. The number of benzene rings is 1. The number of fused-ring (bicyclic) bond motifs is 1. The lowest BCUT2D eigenvalue weighted by Gasteiger charge is -2.27. The van der Waals surface area contributed by atoms with Gasteiger partial charge in [0, 0.05) is 30.8 Å². The monoisotopic (exact) mass is 462 g/mol. The molecule has 14 heteroatoms. The number of aliphatic carboxylic acids is 2. The summed E-state index contributed by atoms with van der Waals surface area (Å²) in [7, 11) is 0. The van der Waals surface area contributed by atoms with Gasteiger partial charge in [0.1, 0.15) is 11.7 Å². The minimum absolute atomic E-state index is 0. The number of carbonyl (C=O) groups is 3. The average molecular weight is 462 g/mol. The fourth-order valence-corrected chi connectivity index (χ4v) is 3.10. The predicted molar refractivity (Wildman–Crippen MR) is 121 cm³/mol. The second-order valence-electron chi connectivity index (χ2n) is 7.15. The first kappa shape index (κ1) is 24.9. The van der Waals surface area contributed by atoms with Gasteiger partial charge in [0.25, 0.3) is 11.5 Å². The normalized spacial score (nSPS) is 15.0. The Hall–Kier alpha value is -4.33. The summed E-state index contributed by atoms with van der Waals surface area (Å²) < 4.78 is 0. The van der Waals surface area contributed by atoms with E-state index in [1.807, 2.05) is 0 Å². The number of hydrogen-bond donors (Lipinski definition) is 9. The van der Waals surface area contributed by atoms with Crippen LogP contribution in [0.4, 0.5) is 23.1 Å². The third-order valence-corrected chi connectivity index (χ3v) is 4.75. The predicted octanol–water partition coefficient (Wildman–Crippen LogP) is -0.120. The molecular formula is C19H26N8O6. The van der Waals surface area contributed by atoms with E-state index in [1.54, 1.807) is 12.1 Å². The maximum absolute atomic E-state index is 12.3. The Labute approximate surface area is 187 Å². The number of aromatic amines is 1. The molecule has 1 aromatic carbocycles. The maximum atomic E-state index is 12.3. The van der Waals surface area contributed by atoms with Gasteiger partial charge in [-0.05, 0) is 30.7 Å². The smallest absolute Gasteiger partial charge is 0.326 e. The average Bonchev–Trinajstić information content (AvgIpc) is 2.75. The van der Waals surface area contributed by atoms with Gasteiger partial charge in [-0.15, -0.1) is 0 Å². The summed E-state index contributed by atoms with van der Waals surface area (Å²) in [6.07, 6.45) is -0.587. The van der Waals surface area contributed by atoms with Crippen molar-refractivity contribution in [3.05, 3.63) is 40.2 Å². The zero-order chi connectivity index (χ0) is 23.3. The Balaban J connectivity index is 0.00000385. The number of aromatic nitrogens is 2. The van der Waals surface area contributed by atoms with E-state index >= 15 is 0 Å². The maximum Gasteiger partial charge on any atom is 0.326 e. The minimum atomic E-state index is -1.30. The number of nitrogen functional groups attached to an aromatic ring is 1. The Bertz CT molecular complexity index is 1070. The Morgan fingerprint density at radius 3 is 2.55 bits per heavy atom. The van der Waals surface area contributed by atoms with E-state index in [1.165, 1.54) is 12.1 Å². The molecule has 0 saturated carbocycles. The molecule has 12 N–H and O–H groups in total. The molecule has 1 aromatic heterocycles. The van der Waals surface area contributed by atoms with Crippen LogP contribution in [0.3, 0.4) is 0 Å². The molecule has 33 heavy (non-hydrogen) atoms. The number of nitrogens with zero attached hydrogens (tertiary/aromatic N) is 1. The first-order valence-corrected chi connectivity index (χ1v) is 9.72. The van der Waals surface area contributed by atoms with Gasteiger partial charge in [0.05, 0.1) is 6.04 Å². The van der Waals surface area contributed by atoms with Gasteiger partial charge in [-0.3, -0.25) is 19.4 Å². The highest BCUT2D eigenvalue weighted by molar-refractivity contribution is 5.96. The summed E-state index contributed by atoms with van der Waals surface area (Å²) >= 11 is 0. The Kier molecular flexibility index (Phi) is 8.17. The van der Waals surface area contributed by atoms with Gasteiger partial charge < -0.3 is 43.4 Å². The number of nitrogens with two attached hydrogens (primary N) is 1. The zero-order valence-electron chi connectivity index (χ0n) is 17.6. The largest absolute Gasteiger partial charge is 0.481 e. The van der Waals surface area contributed by atoms with Crippen LogP contribution < -0.4 is 38.7 Å². The summed E-state index contributed by atoms with van der Waals surface area (Å²) in [6.45, 7) is 0.960. The molecule has 1 unspecified atom stereocenters. The molecule has 0 saturated heterocycles. The number of amides is 1. The van der Waals surface area contributed by atoms with Crippen LogP contribution in [0.25, 0.3) is 0 Å². The van der Waals surface area contributed by atoms with Crippen molar-refractivity contribution in [3.8, 4) is 0 Å². The molecule has 0 radical (unpaired) electrons. The van der Waals surface area contributed by atoms with Gasteiger partial charge in [-0.2, -0.15) is 4.98 Å². The zero-order valence-corrected chi connectivity index (χ0v) is 17.6. The molecule has 0 fully saturated rings. The molecule has 14 nitrogen and oxygen atoms in total. The van der Waals surface area contributed by atoms with Gasteiger partial charge in [0.2, 0.25) is 5.95 Å². The van der Waals surface area contributed by atoms with Crippen LogP contribution in [-0.4, -0.2) is 63.2 Å². The van der Waals surface area contributed by atoms with E-state index in [9.17, 15) is 19.2 Å². The summed E-state index contributed by atoms with van der Waals surface area (Å²) in [6, 6.07) is 4.93. The molecule has 2 aromatic rings. The van der Waals surface area contributed by atoms with Gasteiger partial charge in [-0.25, -0.2) is 4.79 Å². The summed E-state index contributed by atoms with van der Waals surface area (Å²) in [5.74, 6) is -2.64. The summed E-state index contributed by atoms with van der Waals surface area (Å²) in [5, 5.41) is 29.5. The van der Waals surface area contributed by atoms with Crippen LogP contribution in [0.2, 0.25) is 0 Å². The van der Waals surface area contributed by atoms with Gasteiger partial charge in [0.15, 0.2) is 5.82 Å². The fraction of sp³-hybridized carbons (Fsp3) is 0.316. The van der Waals surface area contributed by atoms with E-state index in [0.29, 0.717) is 30.3 Å². The van der Waals surface area contributed by atoms with Crippen molar-refractivity contribution in [2.75, 3.05) is 34.8 Å². The molecule has 2 atom stereocenters. The molecule has 0 spiro atoms. The van der Waals surface area contributed by atoms with E-state index in [2.05, 4.69) is 31.2 Å². The number of hydrogen-bond acceptors (Lipinski definition) is 10. The molecule has 1 aliphatic rings. The molecule has 1 amide bonds. The third kappa shape index (κ3) is 6.57. The van der Waals surface area contributed by atoms with E-state index < -0.39 is 23.9 Å². The number of anilines is 4. The van der Waals surface area contributed by atoms with Crippen molar-refractivity contribution < 1.29 is 24.6 Å². The van der Waals surface area contributed by atoms with Gasteiger partial charge >= 0.3 is 11.9 Å². The molecule has 0 bridgehead atoms. The number of nitrogens with one attached hydrogen (secondary N) is 5. The van der Waals surface area contributed by atoms with Crippen molar-refractivity contribution >= 4 is 41.0 Å². The molecule has 178 valence electrons. The first-order chi connectivity index (χ1) is 15.2. The van der Waals surface area contributed by atoms with Crippen molar-refractivity contribution in [1.29, 1.82) is 0 Å². The first-order valence-electron chi connectivity index (χ1n) is 9.72. The molecule has 2 heterocycles. The molecular weight excluding hydrogens is 436 g/mol. The van der Waals surface area contributed by atoms with Crippen molar-refractivity contribution in [1.82, 2.24) is 21.4 Å². The fourth-order valence-electron chi connectivity index (χ4n) is 3.10. The second-order valence-corrected chi connectivity index (χ2v) is 7.15. The van der Waals surface area contributed by atoms with Crippen LogP contribution in [0.15, 0.2) is 29.1 Å². The number of carbonyl (C=O) groups excluding carboxylic acids is 1. The quantitative estimate of drug-likeness (QED) is 0.237. The lowest BCUT2D eigenvalue weighted by atomic mass is 10.1. The Morgan fingerprint density at radius 2 is 1.91 bits per heavy atom. The van der Waals surface area contributed by atoms with Crippen LogP contribution in [0.1, 0.15) is 23.2 Å². The van der Waals surface area contributed by atoms with Crippen LogP contribution >= 0.6 is 0 Å². The topological polar surface area (TPSA) is 247 Å². The third-order valence-electron chi connectivity index (χ3n) is 4.75.